The van der Waals surface area contributed by atoms with Crippen molar-refractivity contribution >= 4 is 52.0 Å². The Bertz CT molecular complexity index is 1220. The Morgan fingerprint density at radius 1 is 1.10 bits per heavy atom. The van der Waals surface area contributed by atoms with Gasteiger partial charge in [-0.1, -0.05) is 11.6 Å². The number of nitrogens with zero attached hydrogens (tertiary/aromatic N) is 2. The van der Waals surface area contributed by atoms with Crippen molar-refractivity contribution in [2.24, 2.45) is 0 Å². The van der Waals surface area contributed by atoms with E-state index in [4.69, 9.17) is 16.0 Å². The summed E-state index contributed by atoms with van der Waals surface area (Å²) in [6.45, 7) is 1.65. The van der Waals surface area contributed by atoms with Crippen LogP contribution < -0.4 is 4.90 Å². The molecule has 2 aromatic carbocycles. The highest BCUT2D eigenvalue weighted by Gasteiger charge is 2.36. The van der Waals surface area contributed by atoms with Crippen molar-refractivity contribution in [1.82, 2.24) is 0 Å². The number of aryl methyl sites for hydroxylation is 1. The minimum atomic E-state index is -0.448. The zero-order chi connectivity index (χ0) is 21.4. The number of amides is 2. The lowest BCUT2D eigenvalue weighted by atomic mass is 10.1. The Morgan fingerprint density at radius 2 is 1.83 bits per heavy atom. The van der Waals surface area contributed by atoms with Gasteiger partial charge in [-0.15, -0.1) is 0 Å². The SMILES string of the molecule is Cc1cc(-c2ccc(C=C3SC(=O)N(c4ccc(Cl)cc4)C3=O)o2)ccc1[N+](=O)[O-]. The summed E-state index contributed by atoms with van der Waals surface area (Å²) >= 11 is 6.68. The Kier molecular flexibility index (Phi) is 5.19. The van der Waals surface area contributed by atoms with Gasteiger partial charge in [0.2, 0.25) is 0 Å². The van der Waals surface area contributed by atoms with Gasteiger partial charge in [0.25, 0.3) is 16.8 Å². The van der Waals surface area contributed by atoms with Gasteiger partial charge >= 0.3 is 0 Å². The third-order valence-corrected chi connectivity index (χ3v) is 5.58. The molecule has 1 aliphatic rings. The molecule has 0 aliphatic carbocycles. The second-order valence-electron chi connectivity index (χ2n) is 6.45. The Labute approximate surface area is 180 Å². The Balaban J connectivity index is 1.59. The normalized spacial score (nSPS) is 15.3. The van der Waals surface area contributed by atoms with Crippen molar-refractivity contribution in [3.05, 3.63) is 86.0 Å². The van der Waals surface area contributed by atoms with Crippen molar-refractivity contribution in [2.45, 2.75) is 6.92 Å². The molecule has 0 N–H and O–H groups in total. The van der Waals surface area contributed by atoms with E-state index in [1.165, 1.54) is 12.1 Å². The molecule has 2 heterocycles. The number of carbonyl (C=O) groups is 2. The molecule has 0 spiro atoms. The van der Waals surface area contributed by atoms with E-state index < -0.39 is 16.1 Å². The summed E-state index contributed by atoms with van der Waals surface area (Å²) in [7, 11) is 0. The number of benzene rings is 2. The predicted octanol–water partition coefficient (Wildman–Crippen LogP) is 6.06. The van der Waals surface area contributed by atoms with Gasteiger partial charge in [0.1, 0.15) is 11.5 Å². The van der Waals surface area contributed by atoms with E-state index in [0.717, 1.165) is 16.7 Å². The van der Waals surface area contributed by atoms with Crippen LogP contribution in [0, 0.1) is 17.0 Å². The smallest absolute Gasteiger partial charge is 0.298 e. The van der Waals surface area contributed by atoms with Crippen LogP contribution in [0.4, 0.5) is 16.2 Å². The molecule has 0 unspecified atom stereocenters. The first-order valence-corrected chi connectivity index (χ1v) is 9.92. The number of carbonyl (C=O) groups excluding carboxylic acids is 2. The van der Waals surface area contributed by atoms with Gasteiger partial charge in [-0.25, -0.2) is 4.90 Å². The molecule has 30 heavy (non-hydrogen) atoms. The van der Waals surface area contributed by atoms with E-state index in [1.807, 2.05) is 0 Å². The van der Waals surface area contributed by atoms with E-state index in [9.17, 15) is 19.7 Å². The molecule has 150 valence electrons. The van der Waals surface area contributed by atoms with Crippen molar-refractivity contribution in [3.63, 3.8) is 0 Å². The summed E-state index contributed by atoms with van der Waals surface area (Å²) < 4.78 is 5.77. The van der Waals surface area contributed by atoms with Crippen LogP contribution in [-0.4, -0.2) is 16.1 Å². The molecule has 1 aliphatic heterocycles. The number of nitro benzene ring substituents is 1. The average Bonchev–Trinajstić information content (AvgIpc) is 3.27. The molecule has 9 heteroatoms. The molecule has 0 atom stereocenters. The fourth-order valence-corrected chi connectivity index (χ4v) is 3.96. The summed E-state index contributed by atoms with van der Waals surface area (Å²) in [5.74, 6) is 0.440. The van der Waals surface area contributed by atoms with Gasteiger partial charge < -0.3 is 4.42 Å². The first-order valence-electron chi connectivity index (χ1n) is 8.72. The number of thioether (sulfide) groups is 1. The summed E-state index contributed by atoms with van der Waals surface area (Å²) in [5, 5.41) is 11.1. The number of furan rings is 1. The Morgan fingerprint density at radius 3 is 2.50 bits per heavy atom. The van der Waals surface area contributed by atoms with Crippen molar-refractivity contribution in [1.29, 1.82) is 0 Å². The highest BCUT2D eigenvalue weighted by atomic mass is 35.5. The first kappa shape index (κ1) is 19.9. The van der Waals surface area contributed by atoms with Crippen molar-refractivity contribution in [3.8, 4) is 11.3 Å². The molecule has 1 aromatic heterocycles. The second kappa shape index (κ2) is 7.81. The topological polar surface area (TPSA) is 93.7 Å². The van der Waals surface area contributed by atoms with Crippen LogP contribution in [0.25, 0.3) is 17.4 Å². The lowest BCUT2D eigenvalue weighted by Crippen LogP contribution is -2.27. The number of rotatable bonds is 4. The maximum Gasteiger partial charge on any atom is 0.298 e. The van der Waals surface area contributed by atoms with Gasteiger partial charge in [-0.05, 0) is 67.2 Å². The average molecular weight is 441 g/mol. The van der Waals surface area contributed by atoms with Crippen molar-refractivity contribution < 1.29 is 18.9 Å². The van der Waals surface area contributed by atoms with Gasteiger partial charge in [-0.3, -0.25) is 19.7 Å². The van der Waals surface area contributed by atoms with E-state index in [2.05, 4.69) is 0 Å². The third-order valence-electron chi connectivity index (χ3n) is 4.46. The lowest BCUT2D eigenvalue weighted by Gasteiger charge is -2.11. The van der Waals surface area contributed by atoms with E-state index in [-0.39, 0.29) is 10.6 Å². The summed E-state index contributed by atoms with van der Waals surface area (Å²) in [6, 6.07) is 14.5. The molecule has 2 amide bonds. The van der Waals surface area contributed by atoms with Crippen LogP contribution in [0.1, 0.15) is 11.3 Å². The standard InChI is InChI=1S/C21H13ClN2O5S/c1-12-10-13(2-8-17(12)24(27)28)18-9-7-16(29-18)11-19-20(25)23(21(26)30-19)15-5-3-14(22)4-6-15/h2-11H,1H3. The molecule has 0 saturated carbocycles. The zero-order valence-corrected chi connectivity index (χ0v) is 17.1. The second-order valence-corrected chi connectivity index (χ2v) is 7.88. The summed E-state index contributed by atoms with van der Waals surface area (Å²) in [6.07, 6.45) is 1.50. The van der Waals surface area contributed by atoms with E-state index in [0.29, 0.717) is 33.4 Å². The maximum absolute atomic E-state index is 12.7. The van der Waals surface area contributed by atoms with Crippen LogP contribution in [0.15, 0.2) is 63.9 Å². The molecular weight excluding hydrogens is 428 g/mol. The van der Waals surface area contributed by atoms with E-state index in [1.54, 1.807) is 55.5 Å². The summed E-state index contributed by atoms with van der Waals surface area (Å²) in [5.41, 5.74) is 1.65. The fraction of sp³-hybridized carbons (Fsp3) is 0.0476. The van der Waals surface area contributed by atoms with Crippen LogP contribution in [-0.2, 0) is 4.79 Å². The fourth-order valence-electron chi connectivity index (χ4n) is 3.01. The van der Waals surface area contributed by atoms with E-state index >= 15 is 0 Å². The highest BCUT2D eigenvalue weighted by molar-refractivity contribution is 8.19. The van der Waals surface area contributed by atoms with Crippen LogP contribution in [0.2, 0.25) is 5.02 Å². The lowest BCUT2D eigenvalue weighted by molar-refractivity contribution is -0.385. The number of hydrogen-bond donors (Lipinski definition) is 0. The maximum atomic E-state index is 12.7. The number of imide groups is 1. The summed E-state index contributed by atoms with van der Waals surface area (Å²) in [4.78, 5) is 36.9. The van der Waals surface area contributed by atoms with Crippen LogP contribution >= 0.6 is 23.4 Å². The molecule has 0 radical (unpaired) electrons. The highest BCUT2D eigenvalue weighted by Crippen LogP contribution is 2.37. The molecule has 4 rings (SSSR count). The quantitative estimate of drug-likeness (QED) is 0.278. The zero-order valence-electron chi connectivity index (χ0n) is 15.5. The predicted molar refractivity (Wildman–Crippen MR) is 115 cm³/mol. The first-order chi connectivity index (χ1) is 14.3. The molecule has 3 aromatic rings. The monoisotopic (exact) mass is 440 g/mol. The number of anilines is 1. The molecule has 1 saturated heterocycles. The minimum absolute atomic E-state index is 0.0291. The number of halogens is 1. The number of nitro groups is 1. The van der Waals surface area contributed by atoms with Gasteiger partial charge in [0.15, 0.2) is 0 Å². The largest absolute Gasteiger partial charge is 0.457 e. The molecule has 0 bridgehead atoms. The van der Waals surface area contributed by atoms with Crippen molar-refractivity contribution in [2.75, 3.05) is 4.90 Å². The van der Waals surface area contributed by atoms with Crippen LogP contribution in [0.3, 0.4) is 0 Å². The molecule has 1 fully saturated rings. The Hall–Kier alpha value is -3.36. The molecule has 7 nitrogen and oxygen atoms in total. The molecular formula is C21H13ClN2O5S. The van der Waals surface area contributed by atoms with Crippen LogP contribution in [0.5, 0.6) is 0 Å². The third kappa shape index (κ3) is 3.74. The minimum Gasteiger partial charge on any atom is -0.457 e. The van der Waals surface area contributed by atoms with Gasteiger partial charge in [0.05, 0.1) is 15.5 Å². The van der Waals surface area contributed by atoms with Gasteiger partial charge in [-0.2, -0.15) is 0 Å². The number of hydrogen-bond acceptors (Lipinski definition) is 6. The van der Waals surface area contributed by atoms with Gasteiger partial charge in [0, 0.05) is 28.3 Å².